The number of benzene rings is 1. The fourth-order valence-corrected chi connectivity index (χ4v) is 1.86. The van der Waals surface area contributed by atoms with E-state index in [1.54, 1.807) is 36.1 Å². The Morgan fingerprint density at radius 3 is 2.67 bits per heavy atom. The largest absolute Gasteiger partial charge is 0.294 e. The van der Waals surface area contributed by atoms with E-state index >= 15 is 0 Å². The average molecular weight is 246 g/mol. The van der Waals surface area contributed by atoms with Crippen LogP contribution in [0.1, 0.15) is 17.3 Å². The Labute approximate surface area is 105 Å². The maximum absolute atomic E-state index is 12.0. The van der Waals surface area contributed by atoms with Crippen molar-refractivity contribution < 1.29 is 14.4 Å². The molecule has 0 bridgehead atoms. The van der Waals surface area contributed by atoms with Crippen LogP contribution in [0, 0.1) is 0 Å². The molecule has 0 saturated carbocycles. The molecule has 1 atom stereocenters. The second-order valence-electron chi connectivity index (χ2n) is 4.28. The van der Waals surface area contributed by atoms with Crippen LogP contribution in [0.3, 0.4) is 0 Å². The van der Waals surface area contributed by atoms with Crippen molar-refractivity contribution in [3.05, 3.63) is 35.9 Å². The number of nitrogens with one attached hydrogen (secondary N) is 1. The van der Waals surface area contributed by atoms with Crippen molar-refractivity contribution in [3.8, 4) is 0 Å². The summed E-state index contributed by atoms with van der Waals surface area (Å²) in [4.78, 5) is 36.3. The number of carbonyl (C=O) groups is 3. The van der Waals surface area contributed by atoms with E-state index in [0.717, 1.165) is 0 Å². The lowest BCUT2D eigenvalue weighted by atomic mass is 10.1. The molecule has 0 aliphatic carbocycles. The van der Waals surface area contributed by atoms with Crippen molar-refractivity contribution >= 4 is 17.6 Å². The van der Waals surface area contributed by atoms with Gasteiger partial charge in [-0.2, -0.15) is 0 Å². The summed E-state index contributed by atoms with van der Waals surface area (Å²) in [5.74, 6) is -0.809. The van der Waals surface area contributed by atoms with Crippen molar-refractivity contribution in [2.24, 2.45) is 0 Å². The van der Waals surface area contributed by atoms with Gasteiger partial charge in [-0.15, -0.1) is 0 Å². The lowest BCUT2D eigenvalue weighted by Gasteiger charge is -2.30. The molecule has 0 spiro atoms. The van der Waals surface area contributed by atoms with E-state index in [-0.39, 0.29) is 30.7 Å². The van der Waals surface area contributed by atoms with Gasteiger partial charge in [-0.3, -0.25) is 24.6 Å². The fourth-order valence-electron chi connectivity index (χ4n) is 1.86. The van der Waals surface area contributed by atoms with Crippen LogP contribution >= 0.6 is 0 Å². The molecule has 18 heavy (non-hydrogen) atoms. The normalized spacial score (nSPS) is 20.6. The number of hydrogen-bond acceptors (Lipinski definition) is 4. The number of nitrogens with zero attached hydrogens (tertiary/aromatic N) is 1. The minimum Gasteiger partial charge on any atom is -0.294 e. The highest BCUT2D eigenvalue weighted by Gasteiger charge is 2.31. The molecule has 2 amide bonds. The molecule has 1 aliphatic heterocycles. The highest BCUT2D eigenvalue weighted by atomic mass is 16.2. The lowest BCUT2D eigenvalue weighted by Crippen LogP contribution is -2.57. The first-order valence-corrected chi connectivity index (χ1v) is 5.74. The Bertz CT molecular complexity index is 484. The van der Waals surface area contributed by atoms with E-state index < -0.39 is 6.04 Å². The summed E-state index contributed by atoms with van der Waals surface area (Å²) in [5, 5.41) is 2.24. The third kappa shape index (κ3) is 2.62. The van der Waals surface area contributed by atoms with Gasteiger partial charge >= 0.3 is 0 Å². The number of ketones is 1. The van der Waals surface area contributed by atoms with Crippen LogP contribution in [0.4, 0.5) is 0 Å². The van der Waals surface area contributed by atoms with E-state index in [4.69, 9.17) is 0 Å². The smallest absolute Gasteiger partial charge is 0.243 e. The maximum Gasteiger partial charge on any atom is 0.243 e. The van der Waals surface area contributed by atoms with Gasteiger partial charge in [0.05, 0.1) is 19.1 Å². The zero-order chi connectivity index (χ0) is 13.1. The number of Topliss-reactive ketones (excluding diaryl/α,β-unsaturated/α-hetero) is 1. The number of amides is 2. The zero-order valence-corrected chi connectivity index (χ0v) is 10.1. The van der Waals surface area contributed by atoms with Crippen LogP contribution in [-0.4, -0.2) is 41.6 Å². The molecule has 1 heterocycles. The summed E-state index contributed by atoms with van der Waals surface area (Å²) in [6.07, 6.45) is 0. The highest BCUT2D eigenvalue weighted by molar-refractivity contribution is 6.03. The summed E-state index contributed by atoms with van der Waals surface area (Å²) in [5.41, 5.74) is 0.586. The fraction of sp³-hybridized carbons (Fsp3) is 0.308. The topological polar surface area (TPSA) is 66.5 Å². The van der Waals surface area contributed by atoms with Crippen LogP contribution in [0.2, 0.25) is 0 Å². The van der Waals surface area contributed by atoms with Crippen LogP contribution in [-0.2, 0) is 9.59 Å². The van der Waals surface area contributed by atoms with Gasteiger partial charge in [-0.25, -0.2) is 0 Å². The molecule has 1 aromatic rings. The molecule has 1 fully saturated rings. The van der Waals surface area contributed by atoms with Crippen molar-refractivity contribution in [3.63, 3.8) is 0 Å². The molecule has 1 saturated heterocycles. The van der Waals surface area contributed by atoms with Gasteiger partial charge in [0.15, 0.2) is 5.78 Å². The van der Waals surface area contributed by atoms with Gasteiger partial charge in [-0.1, -0.05) is 30.3 Å². The Balaban J connectivity index is 2.07. The van der Waals surface area contributed by atoms with Crippen molar-refractivity contribution in [2.75, 3.05) is 13.1 Å². The Hall–Kier alpha value is -2.01. The van der Waals surface area contributed by atoms with Crippen LogP contribution in [0.25, 0.3) is 0 Å². The number of imide groups is 1. The van der Waals surface area contributed by atoms with Gasteiger partial charge in [0.1, 0.15) is 0 Å². The third-order valence-electron chi connectivity index (χ3n) is 2.98. The van der Waals surface area contributed by atoms with Crippen molar-refractivity contribution in [2.45, 2.75) is 13.0 Å². The van der Waals surface area contributed by atoms with Gasteiger partial charge in [-0.05, 0) is 6.92 Å². The second kappa shape index (κ2) is 5.10. The maximum atomic E-state index is 12.0. The van der Waals surface area contributed by atoms with Gasteiger partial charge in [0.25, 0.3) is 0 Å². The quantitative estimate of drug-likeness (QED) is 0.612. The summed E-state index contributed by atoms with van der Waals surface area (Å²) < 4.78 is 0. The Kier molecular flexibility index (Phi) is 3.53. The SMILES string of the molecule is CC1C(=O)NC(=O)CN1CC(=O)c1ccccc1. The first-order chi connectivity index (χ1) is 8.58. The predicted molar refractivity (Wildman–Crippen MR) is 65.0 cm³/mol. The first kappa shape index (κ1) is 12.4. The van der Waals surface area contributed by atoms with E-state index in [9.17, 15) is 14.4 Å². The standard InChI is InChI=1S/C13H14N2O3/c1-9-13(18)14-12(17)8-15(9)7-11(16)10-5-3-2-4-6-10/h2-6,9H,7-8H2,1H3,(H,14,17,18). The highest BCUT2D eigenvalue weighted by Crippen LogP contribution is 2.07. The molecule has 1 unspecified atom stereocenters. The molecule has 1 aromatic carbocycles. The number of piperazine rings is 1. The Morgan fingerprint density at radius 1 is 1.33 bits per heavy atom. The minimum atomic E-state index is -0.463. The van der Waals surface area contributed by atoms with E-state index in [0.29, 0.717) is 5.56 Å². The summed E-state index contributed by atoms with van der Waals surface area (Å²) in [7, 11) is 0. The molecule has 1 aliphatic rings. The molecule has 0 radical (unpaired) electrons. The zero-order valence-electron chi connectivity index (χ0n) is 10.1. The summed E-state index contributed by atoms with van der Waals surface area (Å²) in [6.45, 7) is 1.83. The number of carbonyl (C=O) groups excluding carboxylic acids is 3. The van der Waals surface area contributed by atoms with Crippen LogP contribution in [0.5, 0.6) is 0 Å². The first-order valence-electron chi connectivity index (χ1n) is 5.74. The van der Waals surface area contributed by atoms with Crippen LogP contribution in [0.15, 0.2) is 30.3 Å². The molecule has 94 valence electrons. The third-order valence-corrected chi connectivity index (χ3v) is 2.98. The molecular weight excluding hydrogens is 232 g/mol. The molecular formula is C13H14N2O3. The Morgan fingerprint density at radius 2 is 2.00 bits per heavy atom. The number of rotatable bonds is 3. The number of hydrogen-bond donors (Lipinski definition) is 1. The van der Waals surface area contributed by atoms with E-state index in [1.807, 2.05) is 6.07 Å². The molecule has 1 N–H and O–H groups in total. The van der Waals surface area contributed by atoms with Crippen LogP contribution < -0.4 is 5.32 Å². The second-order valence-corrected chi connectivity index (χ2v) is 4.28. The molecule has 5 heteroatoms. The van der Waals surface area contributed by atoms with Crippen molar-refractivity contribution in [1.82, 2.24) is 10.2 Å². The molecule has 5 nitrogen and oxygen atoms in total. The monoisotopic (exact) mass is 246 g/mol. The van der Waals surface area contributed by atoms with E-state index in [2.05, 4.69) is 5.32 Å². The average Bonchev–Trinajstić information content (AvgIpc) is 2.36. The van der Waals surface area contributed by atoms with Crippen molar-refractivity contribution in [1.29, 1.82) is 0 Å². The summed E-state index contributed by atoms with van der Waals surface area (Å²) in [6, 6.07) is 8.38. The van der Waals surface area contributed by atoms with Gasteiger partial charge in [0.2, 0.25) is 11.8 Å². The predicted octanol–water partition coefficient (Wildman–Crippen LogP) is 0.216. The van der Waals surface area contributed by atoms with Gasteiger partial charge < -0.3 is 0 Å². The summed E-state index contributed by atoms with van der Waals surface area (Å²) >= 11 is 0. The minimum absolute atomic E-state index is 0.0737. The molecule has 0 aromatic heterocycles. The molecule has 2 rings (SSSR count). The van der Waals surface area contributed by atoms with Gasteiger partial charge in [0, 0.05) is 5.56 Å². The lowest BCUT2D eigenvalue weighted by molar-refractivity contribution is -0.139. The van der Waals surface area contributed by atoms with E-state index in [1.165, 1.54) is 0 Å².